The summed E-state index contributed by atoms with van der Waals surface area (Å²) >= 11 is 0. The fourth-order valence-corrected chi connectivity index (χ4v) is 2.14. The smallest absolute Gasteiger partial charge is 0.335 e. The van der Waals surface area contributed by atoms with Gasteiger partial charge in [0.1, 0.15) is 5.75 Å². The topological polar surface area (TPSA) is 55.8 Å². The average Bonchev–Trinajstić information content (AvgIpc) is 2.82. The third kappa shape index (κ3) is 2.64. The maximum absolute atomic E-state index is 11.5. The number of aryl methyl sites for hydroxylation is 1. The van der Waals surface area contributed by atoms with Gasteiger partial charge in [-0.15, -0.1) is 0 Å². The van der Waals surface area contributed by atoms with E-state index in [1.807, 2.05) is 19.1 Å². The predicted octanol–water partition coefficient (Wildman–Crippen LogP) is 2.14. The molecule has 4 heteroatoms. The summed E-state index contributed by atoms with van der Waals surface area (Å²) in [5, 5.41) is 9.69. The van der Waals surface area contributed by atoms with E-state index in [0.29, 0.717) is 19.6 Å². The lowest BCUT2D eigenvalue weighted by Crippen LogP contribution is -2.22. The molecule has 0 aliphatic carbocycles. The Balaban J connectivity index is 2.04. The molecule has 18 heavy (non-hydrogen) atoms. The van der Waals surface area contributed by atoms with Crippen LogP contribution in [0.4, 0.5) is 0 Å². The summed E-state index contributed by atoms with van der Waals surface area (Å²) in [7, 11) is 0. The fourth-order valence-electron chi connectivity index (χ4n) is 2.14. The molecule has 1 saturated heterocycles. The van der Waals surface area contributed by atoms with Gasteiger partial charge in [-0.25, -0.2) is 4.79 Å². The standard InChI is InChI=1S/C14H18O4/c1-3-17-14(16)13-7-11(8-18-13)10-5-4-9(2)12(15)6-10/h4-6,11,13,15H,3,7-8H2,1-2H3. The van der Waals surface area contributed by atoms with Crippen LogP contribution in [0.2, 0.25) is 0 Å². The van der Waals surface area contributed by atoms with Crippen LogP contribution in [0.25, 0.3) is 0 Å². The van der Waals surface area contributed by atoms with Gasteiger partial charge in [-0.2, -0.15) is 0 Å². The molecule has 4 nitrogen and oxygen atoms in total. The largest absolute Gasteiger partial charge is 0.508 e. The SMILES string of the molecule is CCOC(=O)C1CC(c2ccc(C)c(O)c2)CO1. The highest BCUT2D eigenvalue weighted by atomic mass is 16.6. The molecule has 98 valence electrons. The first-order valence-electron chi connectivity index (χ1n) is 6.19. The molecular formula is C14H18O4. The average molecular weight is 250 g/mol. The Kier molecular flexibility index (Phi) is 3.87. The Morgan fingerprint density at radius 1 is 1.56 bits per heavy atom. The number of carbonyl (C=O) groups excluding carboxylic acids is 1. The van der Waals surface area contributed by atoms with Crippen molar-refractivity contribution in [3.63, 3.8) is 0 Å². The highest BCUT2D eigenvalue weighted by molar-refractivity contribution is 5.75. The molecule has 2 rings (SSSR count). The highest BCUT2D eigenvalue weighted by Gasteiger charge is 2.32. The molecule has 0 bridgehead atoms. The molecular weight excluding hydrogens is 232 g/mol. The van der Waals surface area contributed by atoms with Crippen molar-refractivity contribution in [2.24, 2.45) is 0 Å². The summed E-state index contributed by atoms with van der Waals surface area (Å²) in [5.74, 6) is 0.134. The van der Waals surface area contributed by atoms with Crippen LogP contribution in [0.15, 0.2) is 18.2 Å². The summed E-state index contributed by atoms with van der Waals surface area (Å²) in [4.78, 5) is 11.5. The van der Waals surface area contributed by atoms with Crippen molar-refractivity contribution in [3.05, 3.63) is 29.3 Å². The zero-order valence-corrected chi connectivity index (χ0v) is 10.7. The Labute approximate surface area is 107 Å². The van der Waals surface area contributed by atoms with Crippen LogP contribution >= 0.6 is 0 Å². The van der Waals surface area contributed by atoms with Crippen LogP contribution in [0.3, 0.4) is 0 Å². The van der Waals surface area contributed by atoms with E-state index >= 15 is 0 Å². The van der Waals surface area contributed by atoms with Crippen LogP contribution in [0.1, 0.15) is 30.4 Å². The molecule has 1 aromatic rings. The first-order valence-corrected chi connectivity index (χ1v) is 6.19. The number of phenols is 1. The van der Waals surface area contributed by atoms with Gasteiger partial charge in [0.25, 0.3) is 0 Å². The van der Waals surface area contributed by atoms with E-state index in [2.05, 4.69) is 0 Å². The van der Waals surface area contributed by atoms with Gasteiger partial charge in [-0.1, -0.05) is 12.1 Å². The molecule has 0 saturated carbocycles. The number of aromatic hydroxyl groups is 1. The summed E-state index contributed by atoms with van der Waals surface area (Å²) < 4.78 is 10.4. The van der Waals surface area contributed by atoms with E-state index in [0.717, 1.165) is 11.1 Å². The second-order valence-electron chi connectivity index (χ2n) is 4.55. The summed E-state index contributed by atoms with van der Waals surface area (Å²) in [5.41, 5.74) is 1.85. The number of benzene rings is 1. The molecule has 0 spiro atoms. The lowest BCUT2D eigenvalue weighted by atomic mass is 9.95. The highest BCUT2D eigenvalue weighted by Crippen LogP contribution is 2.32. The zero-order chi connectivity index (χ0) is 13.1. The van der Waals surface area contributed by atoms with Crippen molar-refractivity contribution in [1.29, 1.82) is 0 Å². The molecule has 0 aromatic heterocycles. The lowest BCUT2D eigenvalue weighted by Gasteiger charge is -2.10. The normalized spacial score (nSPS) is 23.0. The second kappa shape index (κ2) is 5.40. The van der Waals surface area contributed by atoms with Crippen LogP contribution in [0.5, 0.6) is 5.75 Å². The number of ether oxygens (including phenoxy) is 2. The maximum Gasteiger partial charge on any atom is 0.335 e. The lowest BCUT2D eigenvalue weighted by molar-refractivity contribution is -0.153. The molecule has 1 N–H and O–H groups in total. The van der Waals surface area contributed by atoms with Crippen LogP contribution in [-0.4, -0.2) is 30.4 Å². The molecule has 2 atom stereocenters. The molecule has 1 heterocycles. The van der Waals surface area contributed by atoms with Gasteiger partial charge in [0.15, 0.2) is 6.10 Å². The van der Waals surface area contributed by atoms with Gasteiger partial charge in [0.2, 0.25) is 0 Å². The Hall–Kier alpha value is -1.55. The van der Waals surface area contributed by atoms with Gasteiger partial charge < -0.3 is 14.6 Å². The van der Waals surface area contributed by atoms with E-state index in [9.17, 15) is 9.90 Å². The molecule has 1 fully saturated rings. The van der Waals surface area contributed by atoms with Crippen molar-refractivity contribution in [3.8, 4) is 5.75 Å². The Morgan fingerprint density at radius 2 is 2.33 bits per heavy atom. The van der Waals surface area contributed by atoms with Crippen LogP contribution in [-0.2, 0) is 14.3 Å². The van der Waals surface area contributed by atoms with E-state index in [-0.39, 0.29) is 17.6 Å². The number of esters is 1. The molecule has 1 aliphatic rings. The zero-order valence-electron chi connectivity index (χ0n) is 10.7. The van der Waals surface area contributed by atoms with Crippen molar-refractivity contribution < 1.29 is 19.4 Å². The first kappa shape index (κ1) is 12.9. The number of phenolic OH excluding ortho intramolecular Hbond substituents is 1. The summed E-state index contributed by atoms with van der Waals surface area (Å²) in [6, 6.07) is 5.59. The summed E-state index contributed by atoms with van der Waals surface area (Å²) in [6.45, 7) is 4.49. The van der Waals surface area contributed by atoms with Gasteiger partial charge in [0, 0.05) is 5.92 Å². The van der Waals surface area contributed by atoms with Gasteiger partial charge in [0.05, 0.1) is 13.2 Å². The van der Waals surface area contributed by atoms with E-state index in [1.54, 1.807) is 13.0 Å². The number of hydrogen-bond donors (Lipinski definition) is 1. The minimum atomic E-state index is -0.474. The first-order chi connectivity index (χ1) is 8.61. The van der Waals surface area contributed by atoms with Crippen molar-refractivity contribution >= 4 is 5.97 Å². The monoisotopic (exact) mass is 250 g/mol. The Morgan fingerprint density at radius 3 is 3.00 bits per heavy atom. The third-order valence-electron chi connectivity index (χ3n) is 3.25. The van der Waals surface area contributed by atoms with Gasteiger partial charge in [-0.05, 0) is 37.5 Å². The number of hydrogen-bond acceptors (Lipinski definition) is 4. The van der Waals surface area contributed by atoms with Gasteiger partial charge >= 0.3 is 5.97 Å². The van der Waals surface area contributed by atoms with Crippen molar-refractivity contribution in [1.82, 2.24) is 0 Å². The van der Waals surface area contributed by atoms with Crippen molar-refractivity contribution in [2.75, 3.05) is 13.2 Å². The van der Waals surface area contributed by atoms with Crippen LogP contribution in [0, 0.1) is 6.92 Å². The van der Waals surface area contributed by atoms with E-state index < -0.39 is 6.10 Å². The Bertz CT molecular complexity index is 441. The minimum absolute atomic E-state index is 0.144. The number of carbonyl (C=O) groups is 1. The molecule has 0 radical (unpaired) electrons. The second-order valence-corrected chi connectivity index (χ2v) is 4.55. The molecule has 1 aliphatic heterocycles. The molecule has 2 unspecified atom stereocenters. The maximum atomic E-state index is 11.5. The van der Waals surface area contributed by atoms with E-state index in [1.165, 1.54) is 0 Å². The quantitative estimate of drug-likeness (QED) is 0.835. The van der Waals surface area contributed by atoms with Crippen LogP contribution < -0.4 is 0 Å². The van der Waals surface area contributed by atoms with Gasteiger partial charge in [-0.3, -0.25) is 0 Å². The predicted molar refractivity (Wildman–Crippen MR) is 66.6 cm³/mol. The van der Waals surface area contributed by atoms with Crippen molar-refractivity contribution in [2.45, 2.75) is 32.3 Å². The fraction of sp³-hybridized carbons (Fsp3) is 0.500. The molecule has 1 aromatic carbocycles. The summed E-state index contributed by atoms with van der Waals surface area (Å²) in [6.07, 6.45) is 0.139. The van der Waals surface area contributed by atoms with E-state index in [4.69, 9.17) is 9.47 Å². The minimum Gasteiger partial charge on any atom is -0.508 e. The molecule has 0 amide bonds. The third-order valence-corrected chi connectivity index (χ3v) is 3.25. The number of rotatable bonds is 3.